The summed E-state index contributed by atoms with van der Waals surface area (Å²) in [6.07, 6.45) is 2.17. The monoisotopic (exact) mass is 345 g/mol. The third-order valence-corrected chi connectivity index (χ3v) is 4.25. The van der Waals surface area contributed by atoms with E-state index in [9.17, 15) is 9.59 Å². The van der Waals surface area contributed by atoms with Crippen LogP contribution < -0.4 is 5.56 Å². The van der Waals surface area contributed by atoms with Crippen molar-refractivity contribution in [1.82, 2.24) is 15.0 Å². The van der Waals surface area contributed by atoms with Gasteiger partial charge in [0.25, 0.3) is 5.56 Å². The first-order chi connectivity index (χ1) is 12.7. The molecular formula is C20H15N3O3. The van der Waals surface area contributed by atoms with Crippen LogP contribution >= 0.6 is 0 Å². The number of esters is 1. The van der Waals surface area contributed by atoms with E-state index < -0.39 is 5.97 Å². The highest BCUT2D eigenvalue weighted by Gasteiger charge is 2.11. The fourth-order valence-corrected chi connectivity index (χ4v) is 3.01. The number of rotatable bonds is 3. The molecule has 0 saturated carbocycles. The first kappa shape index (κ1) is 16.0. The summed E-state index contributed by atoms with van der Waals surface area (Å²) in [6, 6.07) is 14.5. The van der Waals surface area contributed by atoms with Gasteiger partial charge in [0.05, 0.1) is 29.1 Å². The second-order valence-corrected chi connectivity index (χ2v) is 5.91. The van der Waals surface area contributed by atoms with Gasteiger partial charge in [-0.1, -0.05) is 24.3 Å². The van der Waals surface area contributed by atoms with Crippen molar-refractivity contribution < 1.29 is 9.53 Å². The van der Waals surface area contributed by atoms with Crippen LogP contribution in [0.3, 0.4) is 0 Å². The van der Waals surface area contributed by atoms with Crippen LogP contribution in [0.15, 0.2) is 59.5 Å². The molecular weight excluding hydrogens is 330 g/mol. The maximum Gasteiger partial charge on any atom is 0.337 e. The molecule has 0 saturated heterocycles. The molecule has 128 valence electrons. The van der Waals surface area contributed by atoms with E-state index in [0.29, 0.717) is 28.7 Å². The zero-order chi connectivity index (χ0) is 18.1. The van der Waals surface area contributed by atoms with Crippen LogP contribution in [0.4, 0.5) is 0 Å². The van der Waals surface area contributed by atoms with E-state index in [0.717, 1.165) is 16.5 Å². The number of para-hydroxylation sites is 1. The molecule has 0 aliphatic heterocycles. The van der Waals surface area contributed by atoms with Crippen LogP contribution in [-0.2, 0) is 11.2 Å². The fourth-order valence-electron chi connectivity index (χ4n) is 3.01. The topological polar surface area (TPSA) is 84.9 Å². The minimum atomic E-state index is -0.464. The second-order valence-electron chi connectivity index (χ2n) is 5.91. The molecule has 6 heteroatoms. The van der Waals surface area contributed by atoms with E-state index >= 15 is 0 Å². The summed E-state index contributed by atoms with van der Waals surface area (Å²) >= 11 is 0. The summed E-state index contributed by atoms with van der Waals surface area (Å²) in [5, 5.41) is 1.46. The Morgan fingerprint density at radius 2 is 2.00 bits per heavy atom. The lowest BCUT2D eigenvalue weighted by Crippen LogP contribution is -2.13. The number of aromatic amines is 1. The average Bonchev–Trinajstić information content (AvgIpc) is 2.67. The van der Waals surface area contributed by atoms with Crippen molar-refractivity contribution in [3.63, 3.8) is 0 Å². The number of pyridine rings is 1. The predicted molar refractivity (Wildman–Crippen MR) is 98.3 cm³/mol. The summed E-state index contributed by atoms with van der Waals surface area (Å²) in [5.74, 6) is 0.0523. The van der Waals surface area contributed by atoms with Crippen LogP contribution in [0.2, 0.25) is 0 Å². The SMILES string of the molecule is COC(=O)c1ccc2c(=O)[nH]c(Cc3cccc4cccnc34)nc2c1. The molecule has 2 heterocycles. The molecule has 26 heavy (non-hydrogen) atoms. The Bertz CT molecular complexity index is 1190. The van der Waals surface area contributed by atoms with Gasteiger partial charge in [0, 0.05) is 18.0 Å². The number of hydrogen-bond donors (Lipinski definition) is 1. The van der Waals surface area contributed by atoms with Gasteiger partial charge in [-0.15, -0.1) is 0 Å². The molecule has 0 spiro atoms. The Hall–Kier alpha value is -3.54. The van der Waals surface area contributed by atoms with Gasteiger partial charge in [0.15, 0.2) is 0 Å². The molecule has 0 aliphatic carbocycles. The zero-order valence-electron chi connectivity index (χ0n) is 14.0. The summed E-state index contributed by atoms with van der Waals surface area (Å²) in [6.45, 7) is 0. The molecule has 2 aromatic heterocycles. The minimum Gasteiger partial charge on any atom is -0.465 e. The lowest BCUT2D eigenvalue weighted by atomic mass is 10.1. The molecule has 0 radical (unpaired) electrons. The Morgan fingerprint density at radius 3 is 2.85 bits per heavy atom. The lowest BCUT2D eigenvalue weighted by Gasteiger charge is -2.07. The maximum absolute atomic E-state index is 12.4. The Kier molecular flexibility index (Phi) is 3.93. The summed E-state index contributed by atoms with van der Waals surface area (Å²) in [5.41, 5.74) is 2.42. The van der Waals surface area contributed by atoms with Crippen molar-refractivity contribution >= 4 is 27.8 Å². The van der Waals surface area contributed by atoms with E-state index in [4.69, 9.17) is 4.74 Å². The first-order valence-corrected chi connectivity index (χ1v) is 8.09. The highest BCUT2D eigenvalue weighted by molar-refractivity contribution is 5.94. The number of benzene rings is 2. The maximum atomic E-state index is 12.4. The van der Waals surface area contributed by atoms with Crippen molar-refractivity contribution in [3.8, 4) is 0 Å². The van der Waals surface area contributed by atoms with Gasteiger partial charge in [0.2, 0.25) is 0 Å². The van der Waals surface area contributed by atoms with Crippen LogP contribution in [-0.4, -0.2) is 28.0 Å². The number of carbonyl (C=O) groups is 1. The minimum absolute atomic E-state index is 0.241. The van der Waals surface area contributed by atoms with Crippen LogP contribution in [0.25, 0.3) is 21.8 Å². The van der Waals surface area contributed by atoms with Gasteiger partial charge in [-0.2, -0.15) is 0 Å². The van der Waals surface area contributed by atoms with E-state index in [2.05, 4.69) is 15.0 Å². The van der Waals surface area contributed by atoms with E-state index in [1.807, 2.05) is 30.3 Å². The molecule has 0 amide bonds. The van der Waals surface area contributed by atoms with Crippen molar-refractivity contribution in [1.29, 1.82) is 0 Å². The Balaban J connectivity index is 1.81. The number of nitrogens with one attached hydrogen (secondary N) is 1. The van der Waals surface area contributed by atoms with Crippen LogP contribution in [0.1, 0.15) is 21.7 Å². The Labute approximate surface area is 148 Å². The van der Waals surface area contributed by atoms with Gasteiger partial charge in [-0.05, 0) is 29.8 Å². The molecule has 0 fully saturated rings. The second kappa shape index (κ2) is 6.40. The largest absolute Gasteiger partial charge is 0.465 e. The van der Waals surface area contributed by atoms with Gasteiger partial charge in [0.1, 0.15) is 5.82 Å². The van der Waals surface area contributed by atoms with E-state index in [1.54, 1.807) is 24.4 Å². The number of methoxy groups -OCH3 is 1. The number of hydrogen-bond acceptors (Lipinski definition) is 5. The Morgan fingerprint density at radius 1 is 1.15 bits per heavy atom. The lowest BCUT2D eigenvalue weighted by molar-refractivity contribution is 0.0601. The van der Waals surface area contributed by atoms with E-state index in [-0.39, 0.29) is 5.56 Å². The quantitative estimate of drug-likeness (QED) is 0.577. The predicted octanol–water partition coefficient (Wildman–Crippen LogP) is 2.85. The van der Waals surface area contributed by atoms with Gasteiger partial charge in [-0.3, -0.25) is 9.78 Å². The standard InChI is InChI=1S/C20H15N3O3/c1-26-20(25)14-7-8-15-16(10-14)22-17(23-19(15)24)11-13-5-2-4-12-6-3-9-21-18(12)13/h2-10H,11H2,1H3,(H,22,23,24). The fraction of sp³-hybridized carbons (Fsp3) is 0.100. The normalized spacial score (nSPS) is 11.0. The third kappa shape index (κ3) is 2.82. The molecule has 6 nitrogen and oxygen atoms in total. The van der Waals surface area contributed by atoms with Crippen LogP contribution in [0, 0.1) is 0 Å². The molecule has 4 rings (SSSR count). The summed E-state index contributed by atoms with van der Waals surface area (Å²) in [4.78, 5) is 35.9. The number of H-pyrrole nitrogens is 1. The van der Waals surface area contributed by atoms with Crippen molar-refractivity contribution in [2.45, 2.75) is 6.42 Å². The number of carbonyl (C=O) groups excluding carboxylic acids is 1. The highest BCUT2D eigenvalue weighted by Crippen LogP contribution is 2.19. The van der Waals surface area contributed by atoms with E-state index in [1.165, 1.54) is 7.11 Å². The molecule has 1 N–H and O–H groups in total. The smallest absolute Gasteiger partial charge is 0.337 e. The summed E-state index contributed by atoms with van der Waals surface area (Å²) in [7, 11) is 1.32. The highest BCUT2D eigenvalue weighted by atomic mass is 16.5. The number of nitrogens with zero attached hydrogens (tertiary/aromatic N) is 2. The van der Waals surface area contributed by atoms with Gasteiger partial charge in [-0.25, -0.2) is 9.78 Å². The molecule has 0 bridgehead atoms. The molecule has 4 aromatic rings. The van der Waals surface area contributed by atoms with Crippen LogP contribution in [0.5, 0.6) is 0 Å². The van der Waals surface area contributed by atoms with Crippen molar-refractivity contribution in [3.05, 3.63) is 82.0 Å². The average molecular weight is 345 g/mol. The number of aromatic nitrogens is 3. The first-order valence-electron chi connectivity index (χ1n) is 8.09. The third-order valence-electron chi connectivity index (χ3n) is 4.25. The molecule has 0 atom stereocenters. The van der Waals surface area contributed by atoms with Gasteiger partial charge >= 0.3 is 5.97 Å². The molecule has 0 unspecified atom stereocenters. The van der Waals surface area contributed by atoms with Gasteiger partial charge < -0.3 is 9.72 Å². The molecule has 0 aliphatic rings. The zero-order valence-corrected chi connectivity index (χ0v) is 14.0. The summed E-state index contributed by atoms with van der Waals surface area (Å²) < 4.78 is 4.73. The van der Waals surface area contributed by atoms with Crippen molar-refractivity contribution in [2.24, 2.45) is 0 Å². The van der Waals surface area contributed by atoms with Crippen molar-refractivity contribution in [2.75, 3.05) is 7.11 Å². The number of ether oxygens (including phenoxy) is 1. The molecule has 2 aromatic carbocycles. The number of fused-ring (bicyclic) bond motifs is 2.